The van der Waals surface area contributed by atoms with Crippen molar-refractivity contribution < 1.29 is 8.83 Å². The van der Waals surface area contributed by atoms with Crippen LogP contribution in [0.3, 0.4) is 0 Å². The Balaban J connectivity index is 1.13. The van der Waals surface area contributed by atoms with E-state index in [4.69, 9.17) is 8.83 Å². The summed E-state index contributed by atoms with van der Waals surface area (Å²) in [6.07, 6.45) is 20.0. The molecule has 0 aliphatic carbocycles. The Kier molecular flexibility index (Phi) is 5.71. The van der Waals surface area contributed by atoms with E-state index in [1.807, 2.05) is 25.1 Å². The third-order valence-corrected chi connectivity index (χ3v) is 12.7. The van der Waals surface area contributed by atoms with Crippen LogP contribution in [0.15, 0.2) is 46.0 Å². The van der Waals surface area contributed by atoms with E-state index >= 15 is 0 Å². The Morgan fingerprint density at radius 2 is 1.37 bits per heavy atom. The highest BCUT2D eigenvalue weighted by molar-refractivity contribution is 8.01. The van der Waals surface area contributed by atoms with Crippen molar-refractivity contribution >= 4 is 11.8 Å². The van der Waals surface area contributed by atoms with Crippen LogP contribution in [-0.4, -0.2) is 45.5 Å². The summed E-state index contributed by atoms with van der Waals surface area (Å²) < 4.78 is 11.5. The molecular formula is C30H42N2O2S. The van der Waals surface area contributed by atoms with Crippen molar-refractivity contribution in [3.05, 3.63) is 48.3 Å². The van der Waals surface area contributed by atoms with E-state index in [1.54, 1.807) is 0 Å². The van der Waals surface area contributed by atoms with Crippen molar-refractivity contribution in [1.29, 1.82) is 0 Å². The molecule has 0 saturated carbocycles. The standard InChI is InChI=1S/C30H42N2O2S/c1-21-3-5-27(23-9-13-33-15-23)31-18-29(11-7-25(21)31)17-30(35-20-29)12-8-26-22(2)4-6-28(32(26)19-30)24-10-14-34-16-24/h9-10,13-16,21-22,25-28H,3-8,11-12,17-20H2,1-2H3/t21-,22-,25+,26-,27+,28+,29+,30-/m1/s1. The van der Waals surface area contributed by atoms with Crippen LogP contribution >= 0.6 is 11.8 Å². The molecule has 0 amide bonds. The van der Waals surface area contributed by atoms with Gasteiger partial charge in [-0.2, -0.15) is 11.8 Å². The van der Waals surface area contributed by atoms with Crippen molar-refractivity contribution in [2.45, 2.75) is 101 Å². The molecule has 4 nitrogen and oxygen atoms in total. The molecule has 190 valence electrons. The molecule has 5 aliphatic heterocycles. The van der Waals surface area contributed by atoms with Gasteiger partial charge in [0, 0.05) is 58.9 Å². The van der Waals surface area contributed by atoms with Crippen LogP contribution in [0.1, 0.15) is 94.8 Å². The van der Waals surface area contributed by atoms with Crippen LogP contribution in [0.4, 0.5) is 0 Å². The molecule has 7 heterocycles. The molecule has 0 bridgehead atoms. The Hall–Kier alpha value is -1.17. The smallest absolute Gasteiger partial charge is 0.0950 e. The van der Waals surface area contributed by atoms with Crippen LogP contribution in [0.5, 0.6) is 0 Å². The molecule has 5 saturated heterocycles. The van der Waals surface area contributed by atoms with E-state index in [0.29, 0.717) is 22.2 Å². The first kappa shape index (κ1) is 23.0. The molecule has 0 N–H and O–H groups in total. The highest BCUT2D eigenvalue weighted by Crippen LogP contribution is 2.60. The van der Waals surface area contributed by atoms with Gasteiger partial charge in [-0.25, -0.2) is 0 Å². The molecule has 0 unspecified atom stereocenters. The van der Waals surface area contributed by atoms with Gasteiger partial charge in [0.15, 0.2) is 0 Å². The van der Waals surface area contributed by atoms with Gasteiger partial charge in [-0.1, -0.05) is 13.8 Å². The van der Waals surface area contributed by atoms with Gasteiger partial charge in [0.2, 0.25) is 0 Å². The predicted molar refractivity (Wildman–Crippen MR) is 141 cm³/mol. The van der Waals surface area contributed by atoms with Gasteiger partial charge in [0.25, 0.3) is 0 Å². The minimum atomic E-state index is 0.439. The minimum absolute atomic E-state index is 0.439. The maximum atomic E-state index is 5.54. The lowest BCUT2D eigenvalue weighted by Crippen LogP contribution is -2.57. The lowest BCUT2D eigenvalue weighted by atomic mass is 9.67. The van der Waals surface area contributed by atoms with Gasteiger partial charge in [-0.05, 0) is 87.2 Å². The first-order chi connectivity index (χ1) is 17.0. The zero-order valence-electron chi connectivity index (χ0n) is 21.5. The topological polar surface area (TPSA) is 32.8 Å². The van der Waals surface area contributed by atoms with Crippen LogP contribution in [-0.2, 0) is 0 Å². The number of thioether (sulfide) groups is 1. The normalized spacial score (nSPS) is 44.5. The van der Waals surface area contributed by atoms with Crippen molar-refractivity contribution in [1.82, 2.24) is 9.80 Å². The van der Waals surface area contributed by atoms with E-state index in [-0.39, 0.29) is 0 Å². The lowest BCUT2D eigenvalue weighted by Gasteiger charge is -2.55. The van der Waals surface area contributed by atoms with Gasteiger partial charge in [-0.15, -0.1) is 0 Å². The highest BCUT2D eigenvalue weighted by Gasteiger charge is 2.56. The summed E-state index contributed by atoms with van der Waals surface area (Å²) in [4.78, 5) is 5.86. The van der Waals surface area contributed by atoms with Crippen LogP contribution in [0, 0.1) is 17.3 Å². The molecular weight excluding hydrogens is 452 g/mol. The van der Waals surface area contributed by atoms with Crippen molar-refractivity contribution in [3.8, 4) is 0 Å². The number of hydrogen-bond acceptors (Lipinski definition) is 5. The van der Waals surface area contributed by atoms with Crippen molar-refractivity contribution in [2.24, 2.45) is 17.3 Å². The third-order valence-electron chi connectivity index (χ3n) is 10.8. The van der Waals surface area contributed by atoms with Gasteiger partial charge in [0.05, 0.1) is 25.1 Å². The number of hydrogen-bond donors (Lipinski definition) is 0. The fraction of sp³-hybridized carbons (Fsp3) is 0.733. The fourth-order valence-electron chi connectivity index (χ4n) is 9.03. The minimum Gasteiger partial charge on any atom is -0.472 e. The van der Waals surface area contributed by atoms with Crippen molar-refractivity contribution in [2.75, 3.05) is 18.8 Å². The zero-order valence-corrected chi connectivity index (χ0v) is 22.3. The summed E-state index contributed by atoms with van der Waals surface area (Å²) in [5.41, 5.74) is 3.30. The first-order valence-electron chi connectivity index (χ1n) is 14.2. The van der Waals surface area contributed by atoms with Gasteiger partial charge < -0.3 is 8.83 Å². The molecule has 5 heteroatoms. The number of fused-ring (bicyclic) bond motifs is 2. The summed E-state index contributed by atoms with van der Waals surface area (Å²) in [7, 11) is 0. The molecule has 5 aliphatic rings. The quantitative estimate of drug-likeness (QED) is 0.437. The largest absolute Gasteiger partial charge is 0.472 e. The number of nitrogens with zero attached hydrogens (tertiary/aromatic N) is 2. The molecule has 2 aromatic rings. The summed E-state index contributed by atoms with van der Waals surface area (Å²) in [6, 6.07) is 7.04. The Morgan fingerprint density at radius 1 is 0.771 bits per heavy atom. The fourth-order valence-corrected chi connectivity index (χ4v) is 10.9. The zero-order chi connectivity index (χ0) is 23.6. The summed E-state index contributed by atoms with van der Waals surface area (Å²) in [5.74, 6) is 2.99. The second-order valence-corrected chi connectivity index (χ2v) is 14.4. The highest BCUT2D eigenvalue weighted by atomic mass is 32.2. The molecule has 2 spiro atoms. The monoisotopic (exact) mass is 494 g/mol. The average Bonchev–Trinajstić information content (AvgIpc) is 3.63. The molecule has 35 heavy (non-hydrogen) atoms. The average molecular weight is 495 g/mol. The first-order valence-corrected chi connectivity index (χ1v) is 15.2. The third kappa shape index (κ3) is 3.87. The number of furan rings is 2. The Morgan fingerprint density at radius 3 is 1.97 bits per heavy atom. The van der Waals surface area contributed by atoms with Crippen LogP contribution in [0.25, 0.3) is 0 Å². The summed E-state index contributed by atoms with van der Waals surface area (Å²) in [6.45, 7) is 7.56. The molecule has 8 atom stereocenters. The molecule has 7 rings (SSSR count). The van der Waals surface area contributed by atoms with E-state index in [0.717, 1.165) is 23.9 Å². The van der Waals surface area contributed by atoms with Crippen LogP contribution in [0.2, 0.25) is 0 Å². The Bertz CT molecular complexity index is 927. The summed E-state index contributed by atoms with van der Waals surface area (Å²) in [5, 5.41) is 0. The summed E-state index contributed by atoms with van der Waals surface area (Å²) >= 11 is 2.36. The number of rotatable bonds is 2. The maximum Gasteiger partial charge on any atom is 0.0950 e. The van der Waals surface area contributed by atoms with Gasteiger partial charge >= 0.3 is 0 Å². The van der Waals surface area contributed by atoms with E-state index < -0.39 is 0 Å². The van der Waals surface area contributed by atoms with E-state index in [1.165, 1.54) is 87.8 Å². The van der Waals surface area contributed by atoms with E-state index in [9.17, 15) is 0 Å². The van der Waals surface area contributed by atoms with Gasteiger partial charge in [0.1, 0.15) is 0 Å². The van der Waals surface area contributed by atoms with Crippen LogP contribution < -0.4 is 0 Å². The second kappa shape index (κ2) is 8.70. The SMILES string of the molecule is C[C@@H]1CC[C@@H](c2ccoc2)N2C[C@@]3(CC[C@H]12)C[C@]1(CC[C@H]2[C@H](C)CC[C@@H](c4ccoc4)N2C1)CS3. The predicted octanol–water partition coefficient (Wildman–Crippen LogP) is 7.31. The second-order valence-electron chi connectivity index (χ2n) is 13.0. The van der Waals surface area contributed by atoms with Gasteiger partial charge in [-0.3, -0.25) is 9.80 Å². The molecule has 2 aromatic heterocycles. The molecule has 0 aromatic carbocycles. The number of piperidine rings is 4. The van der Waals surface area contributed by atoms with Crippen molar-refractivity contribution in [3.63, 3.8) is 0 Å². The maximum absolute atomic E-state index is 5.54. The molecule has 0 radical (unpaired) electrons. The lowest BCUT2D eigenvalue weighted by molar-refractivity contribution is -0.0454. The van der Waals surface area contributed by atoms with E-state index in [2.05, 4.69) is 47.5 Å². The molecule has 5 fully saturated rings. The Labute approximate surface area is 215 Å².